The molecule has 35 heavy (non-hydrogen) atoms. The van der Waals surface area contributed by atoms with Crippen LogP contribution in [0.15, 0.2) is 42.5 Å². The maximum atomic E-state index is 14.5. The van der Waals surface area contributed by atoms with Crippen molar-refractivity contribution in [3.05, 3.63) is 53.7 Å². The Morgan fingerprint density at radius 3 is 2.51 bits per heavy atom. The molecule has 190 valence electrons. The van der Waals surface area contributed by atoms with Gasteiger partial charge < -0.3 is 24.5 Å². The molecule has 1 aromatic heterocycles. The number of carbonyl (C=O) groups is 1. The van der Waals surface area contributed by atoms with E-state index in [-0.39, 0.29) is 48.9 Å². The number of sulfonamides is 1. The molecule has 2 N–H and O–H groups in total. The van der Waals surface area contributed by atoms with Gasteiger partial charge in [-0.1, -0.05) is 16.6 Å². The van der Waals surface area contributed by atoms with Gasteiger partial charge in [0.05, 0.1) is 38.1 Å². The van der Waals surface area contributed by atoms with Crippen LogP contribution >= 0.6 is 0 Å². The maximum absolute atomic E-state index is 14.5. The first-order chi connectivity index (χ1) is 16.7. The summed E-state index contributed by atoms with van der Waals surface area (Å²) in [6, 6.07) is 11.7. The molecule has 0 saturated heterocycles. The Bertz CT molecular complexity index is 1280. The van der Waals surface area contributed by atoms with Crippen molar-refractivity contribution in [2.75, 3.05) is 48.6 Å². The summed E-state index contributed by atoms with van der Waals surface area (Å²) < 4.78 is 48.6. The molecule has 9 nitrogen and oxygen atoms in total. The van der Waals surface area contributed by atoms with Gasteiger partial charge in [0.2, 0.25) is 0 Å². The molecule has 0 atom stereocenters. The lowest BCUT2D eigenvalue weighted by atomic mass is 10.1. The molecular formula is C24H30FN3O6S. The smallest absolute Gasteiger partial charge is 0.311 e. The second-order valence-corrected chi connectivity index (χ2v) is 9.73. The van der Waals surface area contributed by atoms with Crippen LogP contribution in [0.4, 0.5) is 15.9 Å². The first-order valence-corrected chi connectivity index (χ1v) is 13.0. The van der Waals surface area contributed by atoms with E-state index in [1.54, 1.807) is 24.0 Å². The largest absolute Gasteiger partial charge is 0.492 e. The number of rotatable bonds is 12. The summed E-state index contributed by atoms with van der Waals surface area (Å²) in [6.45, 7) is 4.43. The number of nitrogens with one attached hydrogen (secondary N) is 1. The van der Waals surface area contributed by atoms with E-state index >= 15 is 0 Å². The zero-order chi connectivity index (χ0) is 25.6. The average Bonchev–Trinajstić information content (AvgIpc) is 3.12. The summed E-state index contributed by atoms with van der Waals surface area (Å²) in [5, 5.41) is 10.5. The third-order valence-corrected chi connectivity index (χ3v) is 6.24. The lowest BCUT2D eigenvalue weighted by Crippen LogP contribution is -2.33. The van der Waals surface area contributed by atoms with Gasteiger partial charge in [0.1, 0.15) is 18.0 Å². The molecule has 3 aromatic rings. The van der Waals surface area contributed by atoms with Gasteiger partial charge in [0, 0.05) is 29.2 Å². The van der Waals surface area contributed by atoms with Crippen molar-refractivity contribution in [1.29, 1.82) is 0 Å². The predicted octanol–water partition coefficient (Wildman–Crippen LogP) is 3.11. The van der Waals surface area contributed by atoms with Gasteiger partial charge in [-0.05, 0) is 43.7 Å². The molecule has 0 aliphatic heterocycles. The van der Waals surface area contributed by atoms with Crippen molar-refractivity contribution in [3.8, 4) is 5.75 Å². The summed E-state index contributed by atoms with van der Waals surface area (Å²) in [6.07, 6.45) is 0.930. The topological polar surface area (TPSA) is 112 Å². The Labute approximate surface area is 204 Å². The van der Waals surface area contributed by atoms with Crippen molar-refractivity contribution >= 4 is 38.3 Å². The molecule has 0 radical (unpaired) electrons. The fraction of sp³-hybridized carbons (Fsp3) is 0.375. The van der Waals surface area contributed by atoms with E-state index in [0.717, 1.165) is 28.4 Å². The van der Waals surface area contributed by atoms with Crippen LogP contribution in [0.1, 0.15) is 18.2 Å². The van der Waals surface area contributed by atoms with Gasteiger partial charge in [-0.25, -0.2) is 8.42 Å². The number of H-pyrrole nitrogens is 1. The molecule has 0 bridgehead atoms. The molecule has 0 spiro atoms. The number of ether oxygens (including phenoxy) is 2. The van der Waals surface area contributed by atoms with Crippen molar-refractivity contribution in [1.82, 2.24) is 4.98 Å². The normalized spacial score (nSPS) is 11.5. The van der Waals surface area contributed by atoms with Crippen LogP contribution in [0, 0.1) is 6.92 Å². The predicted molar refractivity (Wildman–Crippen MR) is 133 cm³/mol. The lowest BCUT2D eigenvalue weighted by molar-refractivity contribution is -0.142. The number of hydrogen-bond donors (Lipinski definition) is 2. The van der Waals surface area contributed by atoms with E-state index in [4.69, 9.17) is 9.47 Å². The molecule has 0 aliphatic carbocycles. The molecular weight excluding hydrogens is 477 g/mol. The number of hydrogen-bond acceptors (Lipinski definition) is 7. The van der Waals surface area contributed by atoms with E-state index in [0.29, 0.717) is 18.0 Å². The minimum absolute atomic E-state index is 0.138. The van der Waals surface area contributed by atoms with Crippen LogP contribution in [0.3, 0.4) is 0 Å². The quantitative estimate of drug-likeness (QED) is 0.286. The number of aryl methyl sites for hydroxylation is 1. The van der Waals surface area contributed by atoms with E-state index in [2.05, 4.69) is 4.98 Å². The number of aliphatic hydroxyl groups excluding tert-OH is 1. The number of aliphatic hydroxyl groups is 1. The Hall–Kier alpha value is -3.31. The Morgan fingerprint density at radius 1 is 1.14 bits per heavy atom. The van der Waals surface area contributed by atoms with Gasteiger partial charge >= 0.3 is 5.97 Å². The van der Waals surface area contributed by atoms with E-state index < -0.39 is 10.0 Å². The molecule has 0 amide bonds. The number of para-hydroxylation sites is 2. The van der Waals surface area contributed by atoms with Gasteiger partial charge in [-0.15, -0.1) is 4.53 Å². The molecule has 0 fully saturated rings. The summed E-state index contributed by atoms with van der Waals surface area (Å²) in [7, 11) is -4.11. The summed E-state index contributed by atoms with van der Waals surface area (Å²) in [5.41, 5.74) is 2.74. The third-order valence-electron chi connectivity index (χ3n) is 5.46. The summed E-state index contributed by atoms with van der Waals surface area (Å²) in [5.74, 6) is 0.285. The lowest BCUT2D eigenvalue weighted by Gasteiger charge is -2.27. The highest BCUT2D eigenvalue weighted by atomic mass is 32.2. The zero-order valence-electron chi connectivity index (χ0n) is 20.0. The number of aromatic nitrogens is 1. The zero-order valence-corrected chi connectivity index (χ0v) is 20.8. The monoisotopic (exact) mass is 507 g/mol. The highest BCUT2D eigenvalue weighted by molar-refractivity contribution is 7.91. The van der Waals surface area contributed by atoms with Crippen LogP contribution in [-0.4, -0.2) is 63.6 Å². The van der Waals surface area contributed by atoms with Crippen LogP contribution in [0.2, 0.25) is 0 Å². The van der Waals surface area contributed by atoms with Gasteiger partial charge in [0.15, 0.2) is 0 Å². The standard InChI is InChI=1S/C24H30FN3O6S/c1-4-33-24(30)16-20-17(2)19-10-9-18(15-21(19)26-20)34-14-12-27(11-13-29)22-7-5-6-8-23(22)28(25)35(3,31)32/h5-10,15,26,29H,4,11-14,16H2,1-3H3. The van der Waals surface area contributed by atoms with E-state index in [1.165, 1.54) is 12.1 Å². The molecule has 1 heterocycles. The van der Waals surface area contributed by atoms with Crippen molar-refractivity contribution in [2.45, 2.75) is 20.3 Å². The Morgan fingerprint density at radius 2 is 1.86 bits per heavy atom. The highest BCUT2D eigenvalue weighted by Crippen LogP contribution is 2.31. The number of carbonyl (C=O) groups excluding carboxylic acids is 1. The van der Waals surface area contributed by atoms with Crippen molar-refractivity contribution in [2.24, 2.45) is 0 Å². The Balaban J connectivity index is 1.73. The summed E-state index contributed by atoms with van der Waals surface area (Å²) >= 11 is 0. The number of nitrogens with zero attached hydrogens (tertiary/aromatic N) is 2. The van der Waals surface area contributed by atoms with Crippen molar-refractivity contribution in [3.63, 3.8) is 0 Å². The molecule has 2 aromatic carbocycles. The summed E-state index contributed by atoms with van der Waals surface area (Å²) in [4.78, 5) is 16.8. The molecule has 0 unspecified atom stereocenters. The first-order valence-electron chi connectivity index (χ1n) is 11.2. The molecule has 0 aliphatic rings. The average molecular weight is 508 g/mol. The van der Waals surface area contributed by atoms with E-state index in [9.17, 15) is 22.8 Å². The number of benzene rings is 2. The number of esters is 1. The van der Waals surface area contributed by atoms with Gasteiger partial charge in [-0.2, -0.15) is 0 Å². The number of anilines is 2. The number of halogens is 1. The van der Waals surface area contributed by atoms with Crippen molar-refractivity contribution < 1.29 is 32.3 Å². The van der Waals surface area contributed by atoms with E-state index in [1.807, 2.05) is 25.1 Å². The maximum Gasteiger partial charge on any atom is 0.311 e. The second kappa shape index (κ2) is 11.4. The minimum atomic E-state index is -4.11. The van der Waals surface area contributed by atoms with Crippen LogP contribution < -0.4 is 14.2 Å². The highest BCUT2D eigenvalue weighted by Gasteiger charge is 2.22. The second-order valence-electron chi connectivity index (χ2n) is 7.94. The van der Waals surface area contributed by atoms with Crippen LogP contribution in [-0.2, 0) is 26.0 Å². The Kier molecular flexibility index (Phi) is 8.57. The number of fused-ring (bicyclic) bond motifs is 1. The van der Waals surface area contributed by atoms with Crippen LogP contribution in [0.25, 0.3) is 10.9 Å². The molecule has 0 saturated carbocycles. The fourth-order valence-electron chi connectivity index (χ4n) is 3.80. The fourth-order valence-corrected chi connectivity index (χ4v) is 4.31. The molecule has 11 heteroatoms. The van der Waals surface area contributed by atoms with Crippen LogP contribution in [0.5, 0.6) is 5.75 Å². The van der Waals surface area contributed by atoms with Gasteiger partial charge in [-0.3, -0.25) is 4.79 Å². The van der Waals surface area contributed by atoms with Gasteiger partial charge in [0.25, 0.3) is 10.0 Å². The third kappa shape index (κ3) is 6.43. The minimum Gasteiger partial charge on any atom is -0.492 e. The first kappa shape index (κ1) is 26.3. The SMILES string of the molecule is CCOC(=O)Cc1[nH]c2cc(OCCN(CCO)c3ccccc3N(F)S(C)(=O)=O)ccc2c1C. The number of aromatic amines is 1. The molecule has 3 rings (SSSR count).